The van der Waals surface area contributed by atoms with Gasteiger partial charge in [-0.05, 0) is 51.2 Å². The molecule has 1 rings (SSSR count). The van der Waals surface area contributed by atoms with E-state index in [2.05, 4.69) is 11.8 Å². The Bertz CT molecular complexity index is 444. The van der Waals surface area contributed by atoms with Crippen LogP contribution in [0, 0.1) is 13.8 Å². The average molecular weight is 278 g/mol. The SMILES string of the molecule is COCCN(CCN(C)C)C(=O)c1ccc(C)c(C)c1. The van der Waals surface area contributed by atoms with Gasteiger partial charge in [-0.1, -0.05) is 6.07 Å². The lowest BCUT2D eigenvalue weighted by atomic mass is 10.1. The van der Waals surface area contributed by atoms with E-state index in [0.29, 0.717) is 19.7 Å². The normalized spacial score (nSPS) is 10.9. The van der Waals surface area contributed by atoms with Crippen LogP contribution in [0.3, 0.4) is 0 Å². The number of carbonyl (C=O) groups excluding carboxylic acids is 1. The maximum Gasteiger partial charge on any atom is 0.253 e. The number of carbonyl (C=O) groups is 1. The Morgan fingerprint density at radius 1 is 1.10 bits per heavy atom. The number of aryl methyl sites for hydroxylation is 2. The molecule has 0 saturated carbocycles. The fourth-order valence-electron chi connectivity index (χ4n) is 1.89. The largest absolute Gasteiger partial charge is 0.383 e. The molecule has 0 aliphatic carbocycles. The predicted octanol–water partition coefficient (Wildman–Crippen LogP) is 1.95. The van der Waals surface area contributed by atoms with Crippen LogP contribution in [0.1, 0.15) is 21.5 Å². The molecule has 0 unspecified atom stereocenters. The Balaban J connectivity index is 2.81. The molecule has 1 amide bonds. The molecule has 0 aromatic heterocycles. The minimum atomic E-state index is 0.0759. The summed E-state index contributed by atoms with van der Waals surface area (Å²) in [6, 6.07) is 5.87. The van der Waals surface area contributed by atoms with Crippen LogP contribution in [0.5, 0.6) is 0 Å². The summed E-state index contributed by atoms with van der Waals surface area (Å²) < 4.78 is 5.10. The van der Waals surface area contributed by atoms with E-state index in [1.165, 1.54) is 5.56 Å². The molecule has 0 N–H and O–H groups in total. The molecule has 0 atom stereocenters. The lowest BCUT2D eigenvalue weighted by Crippen LogP contribution is -2.38. The zero-order chi connectivity index (χ0) is 15.1. The minimum absolute atomic E-state index is 0.0759. The number of rotatable bonds is 7. The molecule has 0 fully saturated rings. The third kappa shape index (κ3) is 4.94. The number of ether oxygens (including phenoxy) is 1. The van der Waals surface area contributed by atoms with Gasteiger partial charge in [-0.25, -0.2) is 0 Å². The van der Waals surface area contributed by atoms with Crippen LogP contribution in [0.2, 0.25) is 0 Å². The Labute approximate surface area is 122 Å². The molecular formula is C16H26N2O2. The third-order valence-corrected chi connectivity index (χ3v) is 3.42. The van der Waals surface area contributed by atoms with Crippen LogP contribution in [-0.4, -0.2) is 63.2 Å². The second-order valence-electron chi connectivity index (χ2n) is 5.39. The molecule has 4 nitrogen and oxygen atoms in total. The van der Waals surface area contributed by atoms with Crippen molar-refractivity contribution in [1.29, 1.82) is 0 Å². The highest BCUT2D eigenvalue weighted by molar-refractivity contribution is 5.94. The molecule has 0 bridgehead atoms. The Hall–Kier alpha value is -1.39. The van der Waals surface area contributed by atoms with Crippen molar-refractivity contribution >= 4 is 5.91 Å². The number of amides is 1. The number of methoxy groups -OCH3 is 1. The standard InChI is InChI=1S/C16H26N2O2/c1-13-6-7-15(12-14(13)2)16(19)18(10-11-20-5)9-8-17(3)4/h6-7,12H,8-11H2,1-5H3. The predicted molar refractivity (Wildman–Crippen MR) is 82.2 cm³/mol. The van der Waals surface area contributed by atoms with Crippen LogP contribution in [0.15, 0.2) is 18.2 Å². The maximum absolute atomic E-state index is 12.6. The van der Waals surface area contributed by atoms with E-state index in [0.717, 1.165) is 17.7 Å². The van der Waals surface area contributed by atoms with Crippen molar-refractivity contribution in [2.24, 2.45) is 0 Å². The topological polar surface area (TPSA) is 32.8 Å². The summed E-state index contributed by atoms with van der Waals surface area (Å²) in [4.78, 5) is 16.5. The Morgan fingerprint density at radius 2 is 1.80 bits per heavy atom. The van der Waals surface area contributed by atoms with Crippen LogP contribution < -0.4 is 0 Å². The van der Waals surface area contributed by atoms with Crippen molar-refractivity contribution in [3.63, 3.8) is 0 Å². The van der Waals surface area contributed by atoms with E-state index < -0.39 is 0 Å². The van der Waals surface area contributed by atoms with Gasteiger partial charge in [-0.2, -0.15) is 0 Å². The van der Waals surface area contributed by atoms with Crippen LogP contribution in [0.4, 0.5) is 0 Å². The van der Waals surface area contributed by atoms with Gasteiger partial charge in [0.2, 0.25) is 0 Å². The molecule has 1 aromatic rings. The van der Waals surface area contributed by atoms with E-state index in [4.69, 9.17) is 4.74 Å². The first-order chi connectivity index (χ1) is 9.45. The van der Waals surface area contributed by atoms with E-state index in [1.807, 2.05) is 44.1 Å². The van der Waals surface area contributed by atoms with Crippen molar-refractivity contribution in [3.05, 3.63) is 34.9 Å². The second kappa shape index (κ2) is 8.02. The second-order valence-corrected chi connectivity index (χ2v) is 5.39. The van der Waals surface area contributed by atoms with Gasteiger partial charge in [-0.3, -0.25) is 4.79 Å². The molecule has 0 heterocycles. The number of benzene rings is 1. The van der Waals surface area contributed by atoms with Crippen molar-refractivity contribution in [1.82, 2.24) is 9.80 Å². The summed E-state index contributed by atoms with van der Waals surface area (Å²) in [5.74, 6) is 0.0759. The molecule has 1 aromatic carbocycles. The highest BCUT2D eigenvalue weighted by Crippen LogP contribution is 2.12. The number of hydrogen-bond acceptors (Lipinski definition) is 3. The monoisotopic (exact) mass is 278 g/mol. The van der Waals surface area contributed by atoms with Gasteiger partial charge in [-0.15, -0.1) is 0 Å². The summed E-state index contributed by atoms with van der Waals surface area (Å²) in [5.41, 5.74) is 3.11. The summed E-state index contributed by atoms with van der Waals surface area (Å²) >= 11 is 0. The van der Waals surface area contributed by atoms with Gasteiger partial charge >= 0.3 is 0 Å². The smallest absolute Gasteiger partial charge is 0.253 e. The average Bonchev–Trinajstić information content (AvgIpc) is 2.41. The molecule has 20 heavy (non-hydrogen) atoms. The van der Waals surface area contributed by atoms with Gasteiger partial charge in [0.15, 0.2) is 0 Å². The molecule has 0 radical (unpaired) electrons. The first kappa shape index (κ1) is 16.7. The van der Waals surface area contributed by atoms with Gasteiger partial charge in [0.25, 0.3) is 5.91 Å². The van der Waals surface area contributed by atoms with Gasteiger partial charge in [0.05, 0.1) is 6.61 Å². The zero-order valence-electron chi connectivity index (χ0n) is 13.3. The van der Waals surface area contributed by atoms with Crippen molar-refractivity contribution in [2.45, 2.75) is 13.8 Å². The van der Waals surface area contributed by atoms with Crippen molar-refractivity contribution in [3.8, 4) is 0 Å². The quantitative estimate of drug-likeness (QED) is 0.764. The molecule has 0 spiro atoms. The first-order valence-corrected chi connectivity index (χ1v) is 6.96. The highest BCUT2D eigenvalue weighted by atomic mass is 16.5. The van der Waals surface area contributed by atoms with Crippen LogP contribution in [0.25, 0.3) is 0 Å². The van der Waals surface area contributed by atoms with Crippen molar-refractivity contribution in [2.75, 3.05) is 47.4 Å². The molecule has 4 heteroatoms. The fourth-order valence-corrected chi connectivity index (χ4v) is 1.89. The molecule has 0 aliphatic heterocycles. The zero-order valence-corrected chi connectivity index (χ0v) is 13.3. The summed E-state index contributed by atoms with van der Waals surface area (Å²) in [5, 5.41) is 0. The Morgan fingerprint density at radius 3 is 2.35 bits per heavy atom. The summed E-state index contributed by atoms with van der Waals surface area (Å²) in [7, 11) is 5.68. The summed E-state index contributed by atoms with van der Waals surface area (Å²) in [6.07, 6.45) is 0. The van der Waals surface area contributed by atoms with Gasteiger partial charge < -0.3 is 14.5 Å². The van der Waals surface area contributed by atoms with Crippen LogP contribution in [-0.2, 0) is 4.74 Å². The molecule has 0 aliphatic rings. The lowest BCUT2D eigenvalue weighted by Gasteiger charge is -2.24. The van der Waals surface area contributed by atoms with Crippen molar-refractivity contribution < 1.29 is 9.53 Å². The van der Waals surface area contributed by atoms with E-state index in [9.17, 15) is 4.79 Å². The first-order valence-electron chi connectivity index (χ1n) is 6.96. The number of likely N-dealkylation sites (N-methyl/N-ethyl adjacent to an activating group) is 1. The molecule has 0 saturated heterocycles. The summed E-state index contributed by atoms with van der Waals surface area (Å²) in [6.45, 7) is 6.83. The molecule has 112 valence electrons. The maximum atomic E-state index is 12.6. The molecular weight excluding hydrogens is 252 g/mol. The fraction of sp³-hybridized carbons (Fsp3) is 0.562. The van der Waals surface area contributed by atoms with Crippen LogP contribution >= 0.6 is 0 Å². The third-order valence-electron chi connectivity index (χ3n) is 3.42. The number of hydrogen-bond donors (Lipinski definition) is 0. The number of nitrogens with zero attached hydrogens (tertiary/aromatic N) is 2. The Kier molecular flexibility index (Phi) is 6.68. The van der Waals surface area contributed by atoms with Gasteiger partial charge in [0, 0.05) is 32.3 Å². The van der Waals surface area contributed by atoms with Gasteiger partial charge in [0.1, 0.15) is 0 Å². The lowest BCUT2D eigenvalue weighted by molar-refractivity contribution is 0.0683. The van der Waals surface area contributed by atoms with E-state index >= 15 is 0 Å². The van der Waals surface area contributed by atoms with E-state index in [-0.39, 0.29) is 5.91 Å². The van der Waals surface area contributed by atoms with E-state index in [1.54, 1.807) is 7.11 Å². The minimum Gasteiger partial charge on any atom is -0.383 e. The highest BCUT2D eigenvalue weighted by Gasteiger charge is 2.16.